The van der Waals surface area contributed by atoms with Gasteiger partial charge in [0, 0.05) is 0 Å². The van der Waals surface area contributed by atoms with Crippen molar-refractivity contribution in [2.75, 3.05) is 0 Å². The number of carbonyl (C=O) groups is 1. The third kappa shape index (κ3) is 12.7. The van der Waals surface area contributed by atoms with Crippen LogP contribution in [0.15, 0.2) is 36.4 Å². The summed E-state index contributed by atoms with van der Waals surface area (Å²) >= 11 is 0. The van der Waals surface area contributed by atoms with Gasteiger partial charge in [0.15, 0.2) is 0 Å². The molecule has 2 rings (SSSR count). The maximum Gasteiger partial charge on any atom is 0.290 e. The number of rotatable bonds is 0. The van der Waals surface area contributed by atoms with Gasteiger partial charge < -0.3 is 5.11 Å². The Morgan fingerprint density at radius 3 is 0.933 bits per heavy atom. The molecule has 0 aromatic heterocycles. The first-order valence-electron chi connectivity index (χ1n) is 5.49. The maximum atomic E-state index is 8.36. The highest BCUT2D eigenvalue weighted by Crippen LogP contribution is 2.15. The molecule has 0 radical (unpaired) electrons. The molecule has 1 fully saturated rings. The summed E-state index contributed by atoms with van der Waals surface area (Å²) in [4.78, 5) is 8.36. The van der Waals surface area contributed by atoms with E-state index in [4.69, 9.17) is 9.90 Å². The average Bonchev–Trinajstić information content (AvgIpc) is 2.35. The predicted octanol–water partition coefficient (Wildman–Crippen LogP) is 3.73. The van der Waals surface area contributed by atoms with Crippen LogP contribution in [-0.2, 0) is 4.79 Å². The van der Waals surface area contributed by atoms with Crippen LogP contribution in [0.1, 0.15) is 38.5 Å². The summed E-state index contributed by atoms with van der Waals surface area (Å²) in [6.07, 6.45) is 9.00. The number of benzene rings is 1. The second-order valence-electron chi connectivity index (χ2n) is 3.38. The zero-order chi connectivity index (χ0) is 11.2. The second kappa shape index (κ2) is 12.7. The van der Waals surface area contributed by atoms with Gasteiger partial charge in [-0.2, -0.15) is 0 Å². The Hall–Kier alpha value is -1.31. The summed E-state index contributed by atoms with van der Waals surface area (Å²) in [5, 5.41) is 6.89. The maximum absolute atomic E-state index is 8.36. The van der Waals surface area contributed by atoms with E-state index in [2.05, 4.69) is 0 Å². The molecule has 1 aliphatic carbocycles. The topological polar surface area (TPSA) is 37.3 Å². The van der Waals surface area contributed by atoms with E-state index in [9.17, 15) is 0 Å². The molecule has 2 heteroatoms. The molecule has 84 valence electrons. The van der Waals surface area contributed by atoms with Crippen molar-refractivity contribution >= 4 is 6.47 Å². The molecular weight excluding hydrogens is 188 g/mol. The predicted molar refractivity (Wildman–Crippen MR) is 62.8 cm³/mol. The van der Waals surface area contributed by atoms with Gasteiger partial charge in [-0.05, 0) is 0 Å². The van der Waals surface area contributed by atoms with Gasteiger partial charge in [-0.25, -0.2) is 0 Å². The Labute approximate surface area is 91.9 Å². The standard InChI is InChI=1S/C6H12.C6H6.CH2O2/c2*1-2-4-6-5-3-1;2-1-3/h1-6H2;1-6H;1H,(H,2,3). The van der Waals surface area contributed by atoms with E-state index in [0.717, 1.165) is 0 Å². The first-order chi connectivity index (χ1) is 7.41. The van der Waals surface area contributed by atoms with Crippen molar-refractivity contribution in [2.24, 2.45) is 0 Å². The van der Waals surface area contributed by atoms with E-state index in [1.54, 1.807) is 0 Å². The van der Waals surface area contributed by atoms with Gasteiger partial charge in [0.25, 0.3) is 6.47 Å². The molecule has 0 amide bonds. The molecule has 0 unspecified atom stereocenters. The molecule has 1 aromatic rings. The van der Waals surface area contributed by atoms with E-state index in [-0.39, 0.29) is 6.47 Å². The number of hydrogen-bond donors (Lipinski definition) is 1. The van der Waals surface area contributed by atoms with Crippen LogP contribution >= 0.6 is 0 Å². The first kappa shape index (κ1) is 13.7. The Bertz CT molecular complexity index is 167. The molecule has 0 heterocycles. The van der Waals surface area contributed by atoms with Crippen molar-refractivity contribution in [3.8, 4) is 0 Å². The van der Waals surface area contributed by atoms with Crippen LogP contribution in [0.3, 0.4) is 0 Å². The van der Waals surface area contributed by atoms with Gasteiger partial charge in [-0.1, -0.05) is 74.9 Å². The van der Waals surface area contributed by atoms with Gasteiger partial charge in [-0.15, -0.1) is 0 Å². The van der Waals surface area contributed by atoms with E-state index >= 15 is 0 Å². The number of hydrogen-bond acceptors (Lipinski definition) is 1. The molecule has 15 heavy (non-hydrogen) atoms. The van der Waals surface area contributed by atoms with Crippen molar-refractivity contribution in [1.82, 2.24) is 0 Å². The zero-order valence-electron chi connectivity index (χ0n) is 9.14. The molecule has 1 aromatic carbocycles. The Balaban J connectivity index is 0.000000210. The molecule has 1 N–H and O–H groups in total. The fraction of sp³-hybridized carbons (Fsp3) is 0.462. The van der Waals surface area contributed by atoms with E-state index in [1.807, 2.05) is 36.4 Å². The lowest BCUT2D eigenvalue weighted by atomic mass is 10.0. The highest BCUT2D eigenvalue weighted by Gasteiger charge is 1.95. The molecule has 1 saturated carbocycles. The van der Waals surface area contributed by atoms with Crippen molar-refractivity contribution < 1.29 is 9.90 Å². The summed E-state index contributed by atoms with van der Waals surface area (Å²) in [6.45, 7) is -0.250. The Morgan fingerprint density at radius 1 is 0.667 bits per heavy atom. The highest BCUT2D eigenvalue weighted by atomic mass is 16.3. The van der Waals surface area contributed by atoms with Crippen molar-refractivity contribution in [2.45, 2.75) is 38.5 Å². The van der Waals surface area contributed by atoms with Crippen LogP contribution in [0.25, 0.3) is 0 Å². The van der Waals surface area contributed by atoms with Gasteiger partial charge in [0.2, 0.25) is 0 Å². The molecule has 0 atom stereocenters. The first-order valence-corrected chi connectivity index (χ1v) is 5.49. The van der Waals surface area contributed by atoms with Crippen molar-refractivity contribution in [3.63, 3.8) is 0 Å². The molecular formula is C13H20O2. The molecule has 0 aliphatic heterocycles. The normalized spacial score (nSPS) is 13.6. The number of carboxylic acid groups (broad SMARTS) is 1. The molecule has 0 bridgehead atoms. The Kier molecular flexibility index (Phi) is 11.6. The summed E-state index contributed by atoms with van der Waals surface area (Å²) < 4.78 is 0. The summed E-state index contributed by atoms with van der Waals surface area (Å²) in [6, 6.07) is 12.0. The van der Waals surface area contributed by atoms with Crippen LogP contribution in [0, 0.1) is 0 Å². The quantitative estimate of drug-likeness (QED) is 0.660. The lowest BCUT2D eigenvalue weighted by Gasteiger charge is -2.05. The zero-order valence-corrected chi connectivity index (χ0v) is 9.14. The second-order valence-corrected chi connectivity index (χ2v) is 3.38. The fourth-order valence-electron chi connectivity index (χ4n) is 1.45. The molecule has 2 nitrogen and oxygen atoms in total. The SMILES string of the molecule is C1CCCCC1.O=CO.c1ccccc1. The average molecular weight is 208 g/mol. The lowest BCUT2D eigenvalue weighted by Crippen LogP contribution is -1.85. The van der Waals surface area contributed by atoms with Crippen molar-refractivity contribution in [1.29, 1.82) is 0 Å². The van der Waals surface area contributed by atoms with Gasteiger partial charge >= 0.3 is 0 Å². The van der Waals surface area contributed by atoms with Crippen molar-refractivity contribution in [3.05, 3.63) is 36.4 Å². The Morgan fingerprint density at radius 2 is 0.800 bits per heavy atom. The molecule has 0 spiro atoms. The van der Waals surface area contributed by atoms with Crippen LogP contribution in [0.5, 0.6) is 0 Å². The fourth-order valence-corrected chi connectivity index (χ4v) is 1.45. The monoisotopic (exact) mass is 208 g/mol. The molecule has 1 aliphatic rings. The van der Waals surface area contributed by atoms with Gasteiger partial charge in [0.05, 0.1) is 0 Å². The van der Waals surface area contributed by atoms with E-state index in [0.29, 0.717) is 0 Å². The van der Waals surface area contributed by atoms with Gasteiger partial charge in [0.1, 0.15) is 0 Å². The third-order valence-electron chi connectivity index (χ3n) is 2.17. The van der Waals surface area contributed by atoms with Gasteiger partial charge in [-0.3, -0.25) is 4.79 Å². The molecule has 0 saturated heterocycles. The van der Waals surface area contributed by atoms with Crippen LogP contribution in [0.4, 0.5) is 0 Å². The largest absolute Gasteiger partial charge is 0.483 e. The summed E-state index contributed by atoms with van der Waals surface area (Å²) in [5.41, 5.74) is 0. The van der Waals surface area contributed by atoms with E-state index < -0.39 is 0 Å². The summed E-state index contributed by atoms with van der Waals surface area (Å²) in [5.74, 6) is 0. The summed E-state index contributed by atoms with van der Waals surface area (Å²) in [7, 11) is 0. The lowest BCUT2D eigenvalue weighted by molar-refractivity contribution is -0.122. The third-order valence-corrected chi connectivity index (χ3v) is 2.17. The van der Waals surface area contributed by atoms with Crippen LogP contribution in [0.2, 0.25) is 0 Å². The minimum absolute atomic E-state index is 0.250. The minimum Gasteiger partial charge on any atom is -0.483 e. The van der Waals surface area contributed by atoms with Crippen LogP contribution in [-0.4, -0.2) is 11.6 Å². The van der Waals surface area contributed by atoms with Crippen LogP contribution < -0.4 is 0 Å². The minimum atomic E-state index is -0.250. The van der Waals surface area contributed by atoms with E-state index in [1.165, 1.54) is 38.5 Å². The smallest absolute Gasteiger partial charge is 0.290 e. The highest BCUT2D eigenvalue weighted by molar-refractivity contribution is 5.32.